The van der Waals surface area contributed by atoms with E-state index in [1.54, 1.807) is 6.92 Å². The lowest BCUT2D eigenvalue weighted by atomic mass is 10.3. The summed E-state index contributed by atoms with van der Waals surface area (Å²) in [5.74, 6) is -0.487. The summed E-state index contributed by atoms with van der Waals surface area (Å²) < 4.78 is 65.0. The van der Waals surface area contributed by atoms with Gasteiger partial charge in [0.25, 0.3) is 0 Å². The lowest BCUT2D eigenvalue weighted by Crippen LogP contribution is -2.35. The van der Waals surface area contributed by atoms with Gasteiger partial charge in [0.05, 0.1) is 4.90 Å². The SMILES string of the molecule is CC(N)CNS(=O)(=O)c1ccc(OC(F)(F)F)cc1. The van der Waals surface area contributed by atoms with Crippen LogP contribution in [0, 0.1) is 0 Å². The summed E-state index contributed by atoms with van der Waals surface area (Å²) in [4.78, 5) is -0.164. The standard InChI is InChI=1S/C10H13F3N2O3S/c1-7(14)6-15-19(16,17)9-4-2-8(3-5-9)18-10(11,12)13/h2-5,7,15H,6,14H2,1H3. The van der Waals surface area contributed by atoms with Gasteiger partial charge in [-0.3, -0.25) is 0 Å². The zero-order valence-corrected chi connectivity index (χ0v) is 10.8. The molecule has 1 aromatic carbocycles. The first-order chi connectivity index (χ1) is 8.60. The number of rotatable bonds is 5. The summed E-state index contributed by atoms with van der Waals surface area (Å²) in [5.41, 5.74) is 5.40. The van der Waals surface area contributed by atoms with E-state index in [0.29, 0.717) is 0 Å². The molecule has 19 heavy (non-hydrogen) atoms. The lowest BCUT2D eigenvalue weighted by molar-refractivity contribution is -0.274. The molecule has 0 amide bonds. The quantitative estimate of drug-likeness (QED) is 0.856. The summed E-state index contributed by atoms with van der Waals surface area (Å²) in [6.45, 7) is 1.64. The average Bonchev–Trinajstić information content (AvgIpc) is 2.25. The van der Waals surface area contributed by atoms with Gasteiger partial charge in [-0.25, -0.2) is 13.1 Å². The molecular formula is C10H13F3N2O3S. The van der Waals surface area contributed by atoms with Crippen LogP contribution in [0.5, 0.6) is 5.75 Å². The lowest BCUT2D eigenvalue weighted by Gasteiger charge is -2.11. The van der Waals surface area contributed by atoms with Crippen molar-refractivity contribution in [1.82, 2.24) is 4.72 Å². The minimum Gasteiger partial charge on any atom is -0.406 e. The summed E-state index contributed by atoms with van der Waals surface area (Å²) >= 11 is 0. The minimum atomic E-state index is -4.81. The molecule has 3 N–H and O–H groups in total. The van der Waals surface area contributed by atoms with Gasteiger partial charge in [0.15, 0.2) is 0 Å². The zero-order valence-electron chi connectivity index (χ0n) is 9.94. The van der Waals surface area contributed by atoms with E-state index in [1.807, 2.05) is 0 Å². The van der Waals surface area contributed by atoms with Crippen molar-refractivity contribution >= 4 is 10.0 Å². The minimum absolute atomic E-state index is 0.0309. The third-order valence-electron chi connectivity index (χ3n) is 1.96. The normalized spacial score (nSPS) is 14.2. The summed E-state index contributed by atoms with van der Waals surface area (Å²) in [7, 11) is -3.78. The number of halogens is 3. The van der Waals surface area contributed by atoms with Gasteiger partial charge in [0.1, 0.15) is 5.75 Å². The molecule has 0 fully saturated rings. The summed E-state index contributed by atoms with van der Waals surface area (Å²) in [6, 6.07) is 3.51. The van der Waals surface area contributed by atoms with E-state index in [4.69, 9.17) is 5.73 Å². The highest BCUT2D eigenvalue weighted by Gasteiger charge is 2.31. The van der Waals surface area contributed by atoms with Gasteiger partial charge < -0.3 is 10.5 Å². The molecule has 0 radical (unpaired) electrons. The van der Waals surface area contributed by atoms with Gasteiger partial charge >= 0.3 is 6.36 Å². The van der Waals surface area contributed by atoms with Crippen LogP contribution in [-0.4, -0.2) is 27.4 Å². The van der Waals surface area contributed by atoms with E-state index in [9.17, 15) is 21.6 Å². The highest BCUT2D eigenvalue weighted by Crippen LogP contribution is 2.23. The van der Waals surface area contributed by atoms with Crippen molar-refractivity contribution in [2.75, 3.05) is 6.54 Å². The molecule has 0 aliphatic rings. The summed E-state index contributed by atoms with van der Waals surface area (Å²) in [5, 5.41) is 0. The Morgan fingerprint density at radius 3 is 2.26 bits per heavy atom. The molecule has 0 aliphatic heterocycles. The smallest absolute Gasteiger partial charge is 0.406 e. The van der Waals surface area contributed by atoms with E-state index < -0.39 is 22.1 Å². The number of ether oxygens (including phenoxy) is 1. The Morgan fingerprint density at radius 1 is 1.32 bits per heavy atom. The number of hydrogen-bond donors (Lipinski definition) is 2. The van der Waals surface area contributed by atoms with E-state index in [1.165, 1.54) is 0 Å². The number of sulfonamides is 1. The highest BCUT2D eigenvalue weighted by molar-refractivity contribution is 7.89. The second-order valence-electron chi connectivity index (χ2n) is 3.85. The van der Waals surface area contributed by atoms with Crippen LogP contribution in [0.2, 0.25) is 0 Å². The van der Waals surface area contributed by atoms with Crippen LogP contribution in [0.4, 0.5) is 13.2 Å². The maximum Gasteiger partial charge on any atom is 0.573 e. The molecular weight excluding hydrogens is 285 g/mol. The average molecular weight is 298 g/mol. The number of hydrogen-bond acceptors (Lipinski definition) is 4. The molecule has 0 saturated carbocycles. The molecule has 1 rings (SSSR count). The van der Waals surface area contributed by atoms with Crippen LogP contribution >= 0.6 is 0 Å². The van der Waals surface area contributed by atoms with Crippen molar-refractivity contribution in [3.8, 4) is 5.75 Å². The first-order valence-electron chi connectivity index (χ1n) is 5.21. The zero-order chi connectivity index (χ0) is 14.7. The molecule has 0 aliphatic carbocycles. The first kappa shape index (κ1) is 15.7. The molecule has 9 heteroatoms. The molecule has 0 bridgehead atoms. The van der Waals surface area contributed by atoms with Gasteiger partial charge in [0.2, 0.25) is 10.0 Å². The van der Waals surface area contributed by atoms with Gasteiger partial charge in [-0.15, -0.1) is 13.2 Å². The Labute approximate surface area is 108 Å². The van der Waals surface area contributed by atoms with Gasteiger partial charge in [0, 0.05) is 12.6 Å². The molecule has 5 nitrogen and oxygen atoms in total. The first-order valence-corrected chi connectivity index (χ1v) is 6.69. The van der Waals surface area contributed by atoms with Crippen molar-refractivity contribution in [3.05, 3.63) is 24.3 Å². The van der Waals surface area contributed by atoms with Crippen LogP contribution in [0.1, 0.15) is 6.92 Å². The Balaban J connectivity index is 2.81. The highest BCUT2D eigenvalue weighted by atomic mass is 32.2. The topological polar surface area (TPSA) is 81.4 Å². The molecule has 0 saturated heterocycles. The number of nitrogens with two attached hydrogens (primary N) is 1. The van der Waals surface area contributed by atoms with Crippen molar-refractivity contribution < 1.29 is 26.3 Å². The van der Waals surface area contributed by atoms with E-state index in [2.05, 4.69) is 9.46 Å². The second-order valence-corrected chi connectivity index (χ2v) is 5.62. The third-order valence-corrected chi connectivity index (χ3v) is 3.40. The van der Waals surface area contributed by atoms with Crippen molar-refractivity contribution in [3.63, 3.8) is 0 Å². The Morgan fingerprint density at radius 2 is 1.84 bits per heavy atom. The van der Waals surface area contributed by atoms with Crippen LogP contribution in [0.15, 0.2) is 29.2 Å². The van der Waals surface area contributed by atoms with Crippen molar-refractivity contribution in [2.45, 2.75) is 24.2 Å². The van der Waals surface area contributed by atoms with E-state index >= 15 is 0 Å². The maximum absolute atomic E-state index is 11.9. The Hall–Kier alpha value is -1.32. The number of alkyl halides is 3. The molecule has 0 spiro atoms. The van der Waals surface area contributed by atoms with E-state index in [-0.39, 0.29) is 17.5 Å². The fourth-order valence-electron chi connectivity index (χ4n) is 1.14. The van der Waals surface area contributed by atoms with Gasteiger partial charge in [-0.1, -0.05) is 0 Å². The van der Waals surface area contributed by atoms with Crippen LogP contribution in [-0.2, 0) is 10.0 Å². The van der Waals surface area contributed by atoms with Gasteiger partial charge in [-0.05, 0) is 31.2 Å². The van der Waals surface area contributed by atoms with E-state index in [0.717, 1.165) is 24.3 Å². The fraction of sp³-hybridized carbons (Fsp3) is 0.400. The van der Waals surface area contributed by atoms with Crippen LogP contribution in [0.3, 0.4) is 0 Å². The number of nitrogens with one attached hydrogen (secondary N) is 1. The second kappa shape index (κ2) is 5.76. The van der Waals surface area contributed by atoms with Crippen molar-refractivity contribution in [1.29, 1.82) is 0 Å². The summed E-state index contributed by atoms with van der Waals surface area (Å²) in [6.07, 6.45) is -4.81. The molecule has 108 valence electrons. The predicted molar refractivity (Wildman–Crippen MR) is 62.0 cm³/mol. The third kappa shape index (κ3) is 5.45. The number of benzene rings is 1. The largest absolute Gasteiger partial charge is 0.573 e. The Kier molecular flexibility index (Phi) is 4.77. The monoisotopic (exact) mass is 298 g/mol. The predicted octanol–water partition coefficient (Wildman–Crippen LogP) is 1.21. The van der Waals surface area contributed by atoms with Crippen molar-refractivity contribution in [2.24, 2.45) is 5.73 Å². The van der Waals surface area contributed by atoms with Gasteiger partial charge in [-0.2, -0.15) is 0 Å². The van der Waals surface area contributed by atoms with Crippen LogP contribution in [0.25, 0.3) is 0 Å². The fourth-order valence-corrected chi connectivity index (χ4v) is 2.29. The Bertz CT molecular complexity index is 512. The molecule has 0 heterocycles. The molecule has 0 aromatic heterocycles. The molecule has 1 aromatic rings. The molecule has 1 unspecified atom stereocenters. The molecule has 1 atom stereocenters. The maximum atomic E-state index is 11.9. The van der Waals surface area contributed by atoms with Crippen LogP contribution < -0.4 is 15.2 Å².